The molecule has 0 aromatic heterocycles. The van der Waals surface area contributed by atoms with Crippen molar-refractivity contribution in [3.8, 4) is 22.6 Å². The van der Waals surface area contributed by atoms with E-state index >= 15 is 0 Å². The quantitative estimate of drug-likeness (QED) is 0.174. The standard InChI is InChI=1S/C35H46BNO7Si/c1-24-19-30(40-17-18-42-45(8,9)35(4,5)6)20-25(2)34(24)31-12-10-11-27(26(31)3)23-41-29-15-13-28(14-16-29)36-43-32(38)21-37(7)22-33(39)44-36/h10-16,19-22,38-39H,17-18,23H2,1-9H3/b32-21-,33-22?. The lowest BCUT2D eigenvalue weighted by atomic mass is 9.79. The van der Waals surface area contributed by atoms with Crippen molar-refractivity contribution in [2.75, 3.05) is 20.3 Å². The molecule has 4 rings (SSSR count). The maximum atomic E-state index is 10.0. The second-order valence-electron chi connectivity index (χ2n) is 13.0. The van der Waals surface area contributed by atoms with Crippen molar-refractivity contribution in [3.05, 3.63) is 101 Å². The normalized spacial score (nSPS) is 15.2. The average Bonchev–Trinajstić information content (AvgIpc) is 2.93. The smallest absolute Gasteiger partial charge is 0.494 e. The van der Waals surface area contributed by atoms with E-state index in [0.29, 0.717) is 31.0 Å². The minimum Gasteiger partial charge on any atom is -0.494 e. The van der Waals surface area contributed by atoms with Gasteiger partial charge in [-0.05, 0) is 96.5 Å². The zero-order valence-corrected chi connectivity index (χ0v) is 28.9. The molecule has 2 N–H and O–H groups in total. The van der Waals surface area contributed by atoms with Gasteiger partial charge in [-0.1, -0.05) is 51.1 Å². The lowest BCUT2D eigenvalue weighted by molar-refractivity contribution is 0.124. The molecular formula is C35H46BNO7Si. The first-order valence-corrected chi connectivity index (χ1v) is 18.1. The molecule has 8 nitrogen and oxygen atoms in total. The van der Waals surface area contributed by atoms with E-state index < -0.39 is 15.4 Å². The summed E-state index contributed by atoms with van der Waals surface area (Å²) >= 11 is 0. The molecule has 0 amide bonds. The van der Waals surface area contributed by atoms with Crippen LogP contribution in [0, 0.1) is 20.8 Å². The number of hydrogen-bond donors (Lipinski definition) is 2. The molecule has 3 aromatic rings. The fraction of sp³-hybridized carbons (Fsp3) is 0.371. The number of nitrogens with zero attached hydrogens (tertiary/aromatic N) is 1. The number of aryl methyl sites for hydroxylation is 2. The Morgan fingerprint density at radius 2 is 1.42 bits per heavy atom. The molecule has 0 fully saturated rings. The van der Waals surface area contributed by atoms with Gasteiger partial charge in [0, 0.05) is 12.5 Å². The monoisotopic (exact) mass is 631 g/mol. The molecule has 1 aliphatic heterocycles. The van der Waals surface area contributed by atoms with Crippen LogP contribution in [-0.4, -0.2) is 50.8 Å². The average molecular weight is 632 g/mol. The molecule has 0 radical (unpaired) electrons. The number of rotatable bonds is 10. The summed E-state index contributed by atoms with van der Waals surface area (Å²) in [6, 6.07) is 17.6. The van der Waals surface area contributed by atoms with Crippen LogP contribution < -0.4 is 14.9 Å². The van der Waals surface area contributed by atoms with Crippen molar-refractivity contribution in [3.63, 3.8) is 0 Å². The number of ether oxygens (including phenoxy) is 2. The topological polar surface area (TPSA) is 89.9 Å². The van der Waals surface area contributed by atoms with Crippen LogP contribution >= 0.6 is 0 Å². The van der Waals surface area contributed by atoms with Crippen LogP contribution in [0.15, 0.2) is 78.9 Å². The van der Waals surface area contributed by atoms with Crippen molar-refractivity contribution >= 4 is 20.9 Å². The zero-order valence-electron chi connectivity index (χ0n) is 27.9. The second kappa shape index (κ2) is 14.0. The highest BCUT2D eigenvalue weighted by atomic mass is 28.4. The first kappa shape index (κ1) is 33.9. The zero-order chi connectivity index (χ0) is 32.9. The van der Waals surface area contributed by atoms with Gasteiger partial charge in [0.2, 0.25) is 0 Å². The van der Waals surface area contributed by atoms with Gasteiger partial charge in [-0.25, -0.2) is 0 Å². The molecule has 0 unspecified atom stereocenters. The van der Waals surface area contributed by atoms with E-state index in [1.807, 2.05) is 0 Å². The van der Waals surface area contributed by atoms with Gasteiger partial charge < -0.3 is 38.3 Å². The molecule has 3 aromatic carbocycles. The van der Waals surface area contributed by atoms with Gasteiger partial charge in [0.15, 0.2) is 8.32 Å². The predicted octanol–water partition coefficient (Wildman–Crippen LogP) is 7.65. The summed E-state index contributed by atoms with van der Waals surface area (Å²) < 4.78 is 29.4. The van der Waals surface area contributed by atoms with Crippen molar-refractivity contribution in [1.29, 1.82) is 0 Å². The molecule has 0 aliphatic carbocycles. The van der Waals surface area contributed by atoms with Crippen molar-refractivity contribution in [2.24, 2.45) is 0 Å². The van der Waals surface area contributed by atoms with Gasteiger partial charge in [-0.3, -0.25) is 0 Å². The maximum absolute atomic E-state index is 10.0. The summed E-state index contributed by atoms with van der Waals surface area (Å²) in [4.78, 5) is 1.43. The fourth-order valence-electron chi connectivity index (χ4n) is 4.92. The third-order valence-electron chi connectivity index (χ3n) is 8.47. The first-order valence-electron chi connectivity index (χ1n) is 15.2. The molecular weight excluding hydrogens is 585 g/mol. The van der Waals surface area contributed by atoms with Gasteiger partial charge in [0.1, 0.15) is 24.7 Å². The Morgan fingerprint density at radius 1 is 0.822 bits per heavy atom. The van der Waals surface area contributed by atoms with Crippen LogP contribution in [0.1, 0.15) is 43.0 Å². The third kappa shape index (κ3) is 8.58. The minimum absolute atomic E-state index is 0.174. The Bertz CT molecular complexity index is 1500. The Balaban J connectivity index is 1.41. The summed E-state index contributed by atoms with van der Waals surface area (Å²) in [6.07, 6.45) is 2.66. The van der Waals surface area contributed by atoms with E-state index in [1.54, 1.807) is 31.3 Å². The molecule has 0 saturated carbocycles. The maximum Gasteiger partial charge on any atom is 0.636 e. The largest absolute Gasteiger partial charge is 0.636 e. The summed E-state index contributed by atoms with van der Waals surface area (Å²) in [5.41, 5.74) is 7.51. The van der Waals surface area contributed by atoms with Crippen LogP contribution in [-0.2, 0) is 20.3 Å². The number of benzene rings is 3. The highest BCUT2D eigenvalue weighted by Crippen LogP contribution is 2.37. The fourth-order valence-corrected chi connectivity index (χ4v) is 5.95. The van der Waals surface area contributed by atoms with Gasteiger partial charge in [-0.15, -0.1) is 0 Å². The number of aliphatic hydroxyl groups excluding tert-OH is 2. The molecule has 0 bridgehead atoms. The van der Waals surface area contributed by atoms with E-state index in [-0.39, 0.29) is 16.9 Å². The molecule has 10 heteroatoms. The van der Waals surface area contributed by atoms with Gasteiger partial charge in [0.25, 0.3) is 11.9 Å². The van der Waals surface area contributed by atoms with Crippen LogP contribution in [0.4, 0.5) is 0 Å². The van der Waals surface area contributed by atoms with Crippen LogP contribution in [0.2, 0.25) is 18.1 Å². The third-order valence-corrected chi connectivity index (χ3v) is 13.0. The Hall–Kier alpha value is -4.02. The first-order chi connectivity index (χ1) is 21.1. The van der Waals surface area contributed by atoms with Crippen LogP contribution in [0.5, 0.6) is 11.5 Å². The molecule has 0 spiro atoms. The Labute approximate surface area is 269 Å². The van der Waals surface area contributed by atoms with Gasteiger partial charge in [0.05, 0.1) is 19.0 Å². The van der Waals surface area contributed by atoms with E-state index in [1.165, 1.54) is 28.4 Å². The summed E-state index contributed by atoms with van der Waals surface area (Å²) in [7, 11) is -1.19. The molecule has 240 valence electrons. The van der Waals surface area contributed by atoms with E-state index in [2.05, 4.69) is 85.0 Å². The number of hydrogen-bond acceptors (Lipinski definition) is 8. The van der Waals surface area contributed by atoms with Crippen molar-refractivity contribution in [1.82, 2.24) is 4.90 Å². The Morgan fingerprint density at radius 3 is 2.00 bits per heavy atom. The SMILES string of the molecule is Cc1cc(OCCO[Si](C)(C)C(C)(C)C)cc(C)c1-c1cccc(COc2ccc(B3OC(O)=CN(C)/C=C(/O)O3)cc2)c1C. The lowest BCUT2D eigenvalue weighted by Gasteiger charge is -2.36. The van der Waals surface area contributed by atoms with Crippen molar-refractivity contribution in [2.45, 2.75) is 66.3 Å². The van der Waals surface area contributed by atoms with Crippen LogP contribution in [0.25, 0.3) is 11.1 Å². The molecule has 0 atom stereocenters. The summed E-state index contributed by atoms with van der Waals surface area (Å²) in [6.45, 7) is 19.1. The molecule has 1 heterocycles. The van der Waals surface area contributed by atoms with E-state index in [9.17, 15) is 10.2 Å². The van der Waals surface area contributed by atoms with Gasteiger partial charge >= 0.3 is 7.12 Å². The Kier molecular flexibility index (Phi) is 10.5. The summed E-state index contributed by atoms with van der Waals surface area (Å²) in [5, 5.41) is 20.2. The lowest BCUT2D eigenvalue weighted by Crippen LogP contribution is -2.41. The van der Waals surface area contributed by atoms with Gasteiger partial charge in [-0.2, -0.15) is 0 Å². The van der Waals surface area contributed by atoms with E-state index in [0.717, 1.165) is 28.0 Å². The molecule has 45 heavy (non-hydrogen) atoms. The van der Waals surface area contributed by atoms with Crippen LogP contribution in [0.3, 0.4) is 0 Å². The molecule has 1 aliphatic rings. The number of aliphatic hydroxyl groups is 2. The second-order valence-corrected chi connectivity index (χ2v) is 17.8. The minimum atomic E-state index is -1.80. The summed E-state index contributed by atoms with van der Waals surface area (Å²) in [5.74, 6) is 0.857. The van der Waals surface area contributed by atoms with Crippen molar-refractivity contribution < 1.29 is 33.4 Å². The predicted molar refractivity (Wildman–Crippen MR) is 182 cm³/mol. The molecule has 0 saturated heterocycles. The highest BCUT2D eigenvalue weighted by molar-refractivity contribution is 6.74. The highest BCUT2D eigenvalue weighted by Gasteiger charge is 2.37. The van der Waals surface area contributed by atoms with E-state index in [4.69, 9.17) is 23.2 Å².